The molecule has 1 aromatic heterocycles. The molecule has 0 aliphatic heterocycles. The number of nitrogens with one attached hydrogen (secondary N) is 3. The van der Waals surface area contributed by atoms with Crippen LogP contribution in [0.1, 0.15) is 37.9 Å². The van der Waals surface area contributed by atoms with Crippen molar-refractivity contribution >= 4 is 40.9 Å². The number of halogens is 1. The molecule has 0 saturated carbocycles. The van der Waals surface area contributed by atoms with Crippen molar-refractivity contribution in [3.8, 4) is 0 Å². The van der Waals surface area contributed by atoms with Crippen LogP contribution in [0.4, 0.5) is 0 Å². The predicted molar refractivity (Wildman–Crippen MR) is 104 cm³/mol. The van der Waals surface area contributed by atoms with E-state index in [-0.39, 0.29) is 11.9 Å². The molecule has 0 aromatic carbocycles. The second kappa shape index (κ2) is 11.1. The fourth-order valence-electron chi connectivity index (χ4n) is 2.08. The topological polar surface area (TPSA) is 80.2 Å². The summed E-state index contributed by atoms with van der Waals surface area (Å²) in [4.78, 5) is 11.9. The minimum Gasteiger partial charge on any atom is -0.383 e. The molecule has 0 spiro atoms. The van der Waals surface area contributed by atoms with Crippen molar-refractivity contribution in [3.05, 3.63) is 22.5 Å². The fourth-order valence-corrected chi connectivity index (χ4v) is 2.66. The third kappa shape index (κ3) is 7.41. The number of nitrogens with zero attached hydrogens (tertiary/aromatic N) is 2. The number of thiocarbonyl (C=S) groups is 1. The number of aromatic nitrogens is 2. The Hall–Kier alpha value is -1.64. The first-order valence-electron chi connectivity index (χ1n) is 8.15. The first kappa shape index (κ1) is 21.4. The number of hydrogen-bond donors (Lipinski definition) is 3. The summed E-state index contributed by atoms with van der Waals surface area (Å²) in [6.45, 7) is 7.16. The Balaban J connectivity index is 2.54. The lowest BCUT2D eigenvalue weighted by atomic mass is 10.2. The van der Waals surface area contributed by atoms with Crippen molar-refractivity contribution in [2.45, 2.75) is 46.2 Å². The fraction of sp³-hybridized carbons (Fsp3) is 0.562. The molecule has 0 aliphatic carbocycles. The Morgan fingerprint density at radius 3 is 2.84 bits per heavy atom. The summed E-state index contributed by atoms with van der Waals surface area (Å²) < 4.78 is 6.75. The first-order valence-corrected chi connectivity index (χ1v) is 8.94. The van der Waals surface area contributed by atoms with E-state index in [2.05, 4.69) is 28.2 Å². The van der Waals surface area contributed by atoms with Gasteiger partial charge in [0.15, 0.2) is 5.11 Å². The van der Waals surface area contributed by atoms with Gasteiger partial charge in [0, 0.05) is 31.3 Å². The number of hydrogen-bond acceptors (Lipinski definition) is 4. The maximum atomic E-state index is 11.9. The third-order valence-corrected chi connectivity index (χ3v) is 3.95. The van der Waals surface area contributed by atoms with Gasteiger partial charge in [-0.2, -0.15) is 5.10 Å². The zero-order chi connectivity index (χ0) is 18.8. The molecule has 3 N–H and O–H groups in total. The zero-order valence-electron chi connectivity index (χ0n) is 15.1. The summed E-state index contributed by atoms with van der Waals surface area (Å²) in [6.07, 6.45) is 5.09. The van der Waals surface area contributed by atoms with Crippen LogP contribution in [0.5, 0.6) is 0 Å². The van der Waals surface area contributed by atoms with Gasteiger partial charge in [0.1, 0.15) is 5.15 Å². The van der Waals surface area contributed by atoms with E-state index >= 15 is 0 Å². The molecule has 1 amide bonds. The van der Waals surface area contributed by atoms with Crippen molar-refractivity contribution in [3.63, 3.8) is 0 Å². The van der Waals surface area contributed by atoms with Gasteiger partial charge in [0.05, 0.1) is 12.3 Å². The standard InChI is InChI=1S/C16H26ClN5O2S/c1-5-6-9-22-15(17)13(12(3)21-22)7-8-14(23)19-20-16(25)18-11(2)10-24-4/h7-8,11H,5-6,9-10H2,1-4H3,(H,19,23)(H2,18,20,25)/b8-7+/t11-/m1/s1. The number of methoxy groups -OCH3 is 1. The molecule has 1 aromatic rings. The van der Waals surface area contributed by atoms with Crippen molar-refractivity contribution in [2.75, 3.05) is 13.7 Å². The number of hydrazine groups is 1. The van der Waals surface area contributed by atoms with E-state index in [0.717, 1.165) is 30.6 Å². The van der Waals surface area contributed by atoms with Gasteiger partial charge in [-0.3, -0.25) is 20.3 Å². The molecule has 7 nitrogen and oxygen atoms in total. The van der Waals surface area contributed by atoms with E-state index in [9.17, 15) is 4.79 Å². The maximum Gasteiger partial charge on any atom is 0.262 e. The van der Waals surface area contributed by atoms with Crippen LogP contribution in [-0.2, 0) is 16.1 Å². The smallest absolute Gasteiger partial charge is 0.262 e. The molecular weight excluding hydrogens is 362 g/mol. The van der Waals surface area contributed by atoms with Gasteiger partial charge < -0.3 is 10.1 Å². The first-order chi connectivity index (χ1) is 11.9. The summed E-state index contributed by atoms with van der Waals surface area (Å²) in [7, 11) is 1.61. The number of unbranched alkanes of at least 4 members (excludes halogenated alkanes) is 1. The summed E-state index contributed by atoms with van der Waals surface area (Å²) in [5.74, 6) is -0.347. The zero-order valence-corrected chi connectivity index (χ0v) is 16.6. The molecule has 0 unspecified atom stereocenters. The summed E-state index contributed by atoms with van der Waals surface area (Å²) in [5, 5.41) is 8.22. The molecule has 140 valence electrons. The lowest BCUT2D eigenvalue weighted by Crippen LogP contribution is -2.49. The minimum atomic E-state index is -0.347. The second-order valence-corrected chi connectivity index (χ2v) is 6.41. The van der Waals surface area contributed by atoms with E-state index in [1.54, 1.807) is 17.9 Å². The Morgan fingerprint density at radius 1 is 1.48 bits per heavy atom. The molecule has 0 fully saturated rings. The normalized spacial score (nSPS) is 12.2. The summed E-state index contributed by atoms with van der Waals surface area (Å²) >= 11 is 11.4. The van der Waals surface area contributed by atoms with Crippen LogP contribution >= 0.6 is 23.8 Å². The highest BCUT2D eigenvalue weighted by Gasteiger charge is 2.11. The number of amides is 1. The highest BCUT2D eigenvalue weighted by Crippen LogP contribution is 2.21. The highest BCUT2D eigenvalue weighted by molar-refractivity contribution is 7.80. The molecule has 9 heteroatoms. The molecule has 0 bridgehead atoms. The third-order valence-electron chi connectivity index (χ3n) is 3.33. The number of aryl methyl sites for hydroxylation is 2. The van der Waals surface area contributed by atoms with Gasteiger partial charge in [-0.15, -0.1) is 0 Å². The summed E-state index contributed by atoms with van der Waals surface area (Å²) in [6, 6.07) is 0.0351. The van der Waals surface area contributed by atoms with Gasteiger partial charge in [0.2, 0.25) is 0 Å². The Labute approximate surface area is 159 Å². The van der Waals surface area contributed by atoms with Crippen LogP contribution in [-0.4, -0.2) is 40.6 Å². The minimum absolute atomic E-state index is 0.0351. The van der Waals surface area contributed by atoms with Gasteiger partial charge in [-0.1, -0.05) is 24.9 Å². The van der Waals surface area contributed by atoms with Crippen molar-refractivity contribution < 1.29 is 9.53 Å². The molecular formula is C16H26ClN5O2S. The van der Waals surface area contributed by atoms with Gasteiger partial charge >= 0.3 is 0 Å². The van der Waals surface area contributed by atoms with Crippen molar-refractivity contribution in [1.29, 1.82) is 0 Å². The SMILES string of the molecule is CCCCn1nc(C)c(/C=C/C(=O)NNC(=S)N[C@H](C)COC)c1Cl. The van der Waals surface area contributed by atoms with Gasteiger partial charge in [-0.25, -0.2) is 0 Å². The monoisotopic (exact) mass is 387 g/mol. The predicted octanol–water partition coefficient (Wildman–Crippen LogP) is 2.19. The van der Waals surface area contributed by atoms with Crippen molar-refractivity contribution in [2.24, 2.45) is 0 Å². The summed E-state index contributed by atoms with van der Waals surface area (Å²) in [5.41, 5.74) is 6.64. The van der Waals surface area contributed by atoms with E-state index in [1.807, 2.05) is 13.8 Å². The highest BCUT2D eigenvalue weighted by atomic mass is 35.5. The molecule has 1 atom stereocenters. The average molecular weight is 388 g/mol. The van der Waals surface area contributed by atoms with Crippen LogP contribution < -0.4 is 16.2 Å². The molecule has 0 radical (unpaired) electrons. The van der Waals surface area contributed by atoms with E-state index in [1.165, 1.54) is 6.08 Å². The lowest BCUT2D eigenvalue weighted by Gasteiger charge is -2.15. The average Bonchev–Trinajstić information content (AvgIpc) is 2.83. The van der Waals surface area contributed by atoms with E-state index in [0.29, 0.717) is 16.9 Å². The maximum absolute atomic E-state index is 11.9. The molecule has 0 aliphatic rings. The van der Waals surface area contributed by atoms with Crippen LogP contribution in [0.3, 0.4) is 0 Å². The van der Waals surface area contributed by atoms with Crippen LogP contribution in [0, 0.1) is 6.92 Å². The largest absolute Gasteiger partial charge is 0.383 e. The molecule has 25 heavy (non-hydrogen) atoms. The number of ether oxygens (including phenoxy) is 1. The number of rotatable bonds is 8. The van der Waals surface area contributed by atoms with E-state index < -0.39 is 0 Å². The van der Waals surface area contributed by atoms with Crippen LogP contribution in [0.2, 0.25) is 5.15 Å². The Morgan fingerprint density at radius 2 is 2.20 bits per heavy atom. The van der Waals surface area contributed by atoms with Gasteiger partial charge in [-0.05, 0) is 38.6 Å². The van der Waals surface area contributed by atoms with Crippen LogP contribution in [0.25, 0.3) is 6.08 Å². The quantitative estimate of drug-likeness (QED) is 0.360. The molecule has 1 rings (SSSR count). The van der Waals surface area contributed by atoms with E-state index in [4.69, 9.17) is 28.6 Å². The Kier molecular flexibility index (Phi) is 9.48. The molecule has 1 heterocycles. The second-order valence-electron chi connectivity index (χ2n) is 5.64. The number of carbonyl (C=O) groups is 1. The molecule has 0 saturated heterocycles. The van der Waals surface area contributed by atoms with Crippen LogP contribution in [0.15, 0.2) is 6.08 Å². The Bertz CT molecular complexity index is 618. The lowest BCUT2D eigenvalue weighted by molar-refractivity contribution is -0.116. The van der Waals surface area contributed by atoms with Crippen molar-refractivity contribution in [1.82, 2.24) is 25.9 Å². The number of carbonyl (C=O) groups excluding carboxylic acids is 1. The van der Waals surface area contributed by atoms with Gasteiger partial charge in [0.25, 0.3) is 5.91 Å².